The van der Waals surface area contributed by atoms with E-state index in [1.165, 1.54) is 0 Å². The minimum atomic E-state index is -1.26. The second-order valence-corrected chi connectivity index (χ2v) is 54.8. The van der Waals surface area contributed by atoms with Crippen molar-refractivity contribution in [3.8, 4) is 22.3 Å². The lowest BCUT2D eigenvalue weighted by Crippen LogP contribution is -2.34. The fourth-order valence-corrected chi connectivity index (χ4v) is 16.4. The number of fused-ring (bicyclic) bond motifs is 4. The smallest absolute Gasteiger partial charge is 0.306 e. The topological polar surface area (TPSA) is 182 Å². The lowest BCUT2D eigenvalue weighted by Gasteiger charge is -2.31. The molecule has 0 amide bonds. The summed E-state index contributed by atoms with van der Waals surface area (Å²) < 4.78 is 40.8. The van der Waals surface area contributed by atoms with Crippen molar-refractivity contribution in [3.63, 3.8) is 0 Å². The summed E-state index contributed by atoms with van der Waals surface area (Å²) in [6, 6.07) is 27.3. The highest BCUT2D eigenvalue weighted by atomic mass is 79.9. The zero-order valence-corrected chi connectivity index (χ0v) is 66.1. The summed E-state index contributed by atoms with van der Waals surface area (Å²) in [5.41, 5.74) is 9.43. The maximum Gasteiger partial charge on any atom is 0.306 e. The van der Waals surface area contributed by atoms with Crippen LogP contribution in [0.15, 0.2) is 96.0 Å². The molecule has 0 spiro atoms. The predicted molar refractivity (Wildman–Crippen MR) is 408 cm³/mol. The van der Waals surface area contributed by atoms with Crippen LogP contribution in [-0.4, -0.2) is 150 Å². The Morgan fingerprint density at radius 1 is 0.505 bits per heavy atom. The Balaban J connectivity index is 0.000000227. The van der Waals surface area contributed by atoms with E-state index in [0.717, 1.165) is 172 Å². The fourth-order valence-electron chi connectivity index (χ4n) is 12.5. The third-order valence-electron chi connectivity index (χ3n) is 18.5. The van der Waals surface area contributed by atoms with Gasteiger partial charge in [-0.05, 0) is 141 Å². The molecule has 97 heavy (non-hydrogen) atoms. The van der Waals surface area contributed by atoms with E-state index in [0.29, 0.717) is 78.0 Å². The zero-order chi connectivity index (χ0) is 69.5. The monoisotopic (exact) mass is 1460 g/mol. The summed E-state index contributed by atoms with van der Waals surface area (Å²) in [6.45, 7) is 37.5. The Hall–Kier alpha value is -5.77. The van der Waals surface area contributed by atoms with Gasteiger partial charge >= 0.3 is 11.9 Å². The highest BCUT2D eigenvalue weighted by Gasteiger charge is 2.33. The lowest BCUT2D eigenvalue weighted by atomic mass is 9.79. The van der Waals surface area contributed by atoms with Crippen molar-refractivity contribution in [3.05, 3.63) is 107 Å². The molecule has 0 radical (unpaired) electrons. The number of carbonyl (C=O) groups is 2. The van der Waals surface area contributed by atoms with Gasteiger partial charge in [-0.2, -0.15) is 19.2 Å². The molecule has 0 saturated heterocycles. The number of ether oxygens (including phenoxy) is 6. The first-order valence-corrected chi connectivity index (χ1v) is 51.1. The van der Waals surface area contributed by atoms with Crippen LogP contribution in [0.4, 0.5) is 11.6 Å². The minimum absolute atomic E-state index is 0.0884. The maximum atomic E-state index is 12.3. The number of para-hydroxylation sites is 2. The van der Waals surface area contributed by atoms with Crippen LogP contribution in [0.5, 0.6) is 0 Å². The normalized spacial score (nSPS) is 17.2. The molecule has 2 aromatic carbocycles. The molecule has 18 nitrogen and oxygen atoms in total. The molecule has 0 unspecified atom stereocenters. The number of esters is 2. The molecule has 2 fully saturated rings. The van der Waals surface area contributed by atoms with Crippen molar-refractivity contribution in [2.75, 3.05) is 76.4 Å². The van der Waals surface area contributed by atoms with E-state index in [-0.39, 0.29) is 23.8 Å². The third-order valence-corrected chi connectivity index (χ3v) is 26.1. The van der Waals surface area contributed by atoms with Gasteiger partial charge in [-0.1, -0.05) is 115 Å². The summed E-state index contributed by atoms with van der Waals surface area (Å²) in [4.78, 5) is 49.0. The lowest BCUT2D eigenvalue weighted by molar-refractivity contribution is -0.145. The predicted octanol–water partition coefficient (Wildman–Crippen LogP) is 18.0. The van der Waals surface area contributed by atoms with Crippen LogP contribution in [0.3, 0.4) is 0 Å². The Kier molecular flexibility index (Phi) is 26.9. The molecule has 23 heteroatoms. The van der Waals surface area contributed by atoms with Gasteiger partial charge in [0.25, 0.3) is 0 Å². The van der Waals surface area contributed by atoms with Crippen LogP contribution >= 0.6 is 15.9 Å². The molecule has 2 aliphatic carbocycles. The molecule has 8 aromatic rings. The number of benzene rings is 2. The first-order chi connectivity index (χ1) is 46.2. The number of anilines is 2. The standard InChI is InChI=1S/C37H54BrN5O4Si2.C37H55N5O4Si2/c1-8-47-33(44)21-27-13-15-28(16-14-27)35-34(38)37(42(25-45-17-19-48(2,3)4)26-46-18-20-49(5,6)7)43-36(41-35)31(24-40-43)30-22-29-11-9-10-12-32(29)39-23-30;1-8-46-36(43)21-28-13-15-29(16-14-28)34-23-35(41(26-44-17-19-47(2,3)4)27-45-18-20-48(5,6)7)42-37(40-34)32(25-39-42)31-22-30-11-9-10-12-33(30)38-24-31/h9-12,22-24,27-28H,8,13-21,25-26H2,1-7H3;9-12,22-25,28-29H,8,13-21,26-27H2,1-7H3. The first kappa shape index (κ1) is 75.4. The molecule has 6 heterocycles. The summed E-state index contributed by atoms with van der Waals surface area (Å²) in [7, 11) is -5.01. The molecule has 0 bridgehead atoms. The molecule has 0 aliphatic heterocycles. The van der Waals surface area contributed by atoms with Crippen molar-refractivity contribution < 1.29 is 38.0 Å². The summed E-state index contributed by atoms with van der Waals surface area (Å²) >= 11 is 4.05. The average Bonchev–Trinajstić information content (AvgIpc) is 1.67. The molecule has 10 rings (SSSR count). The van der Waals surface area contributed by atoms with Crippen molar-refractivity contribution >= 4 is 105 Å². The fraction of sp³-hybridized carbons (Fsp3) is 0.568. The Morgan fingerprint density at radius 2 is 0.907 bits per heavy atom. The highest BCUT2D eigenvalue weighted by molar-refractivity contribution is 9.10. The van der Waals surface area contributed by atoms with Gasteiger partial charge in [0, 0.05) is 141 Å². The van der Waals surface area contributed by atoms with Crippen LogP contribution in [0.25, 0.3) is 55.4 Å². The molecular weight excluding hydrogens is 1350 g/mol. The maximum absolute atomic E-state index is 12.3. The van der Waals surface area contributed by atoms with Crippen molar-refractivity contribution in [1.29, 1.82) is 0 Å². The van der Waals surface area contributed by atoms with E-state index >= 15 is 0 Å². The van der Waals surface area contributed by atoms with Gasteiger partial charge in [0.2, 0.25) is 0 Å². The highest BCUT2D eigenvalue weighted by Crippen LogP contribution is 2.44. The van der Waals surface area contributed by atoms with Gasteiger partial charge in [0.1, 0.15) is 32.7 Å². The van der Waals surface area contributed by atoms with Crippen LogP contribution in [0.1, 0.15) is 101 Å². The van der Waals surface area contributed by atoms with Crippen molar-refractivity contribution in [1.82, 2.24) is 39.2 Å². The zero-order valence-electron chi connectivity index (χ0n) is 60.6. The second kappa shape index (κ2) is 34.5. The number of carbonyl (C=O) groups excluding carboxylic acids is 2. The average molecular weight is 1460 g/mol. The Bertz CT molecular complexity index is 3820. The summed E-state index contributed by atoms with van der Waals surface area (Å²) in [5.74, 6) is 2.83. The van der Waals surface area contributed by atoms with Gasteiger partial charge in [0.15, 0.2) is 17.1 Å². The quantitative estimate of drug-likeness (QED) is 0.0168. The summed E-state index contributed by atoms with van der Waals surface area (Å²) in [5, 5.41) is 12.0. The molecular formula is C74H109BrN10O8Si4. The largest absolute Gasteiger partial charge is 0.466 e. The number of aromatic nitrogens is 8. The van der Waals surface area contributed by atoms with Gasteiger partial charge in [0.05, 0.1) is 46.8 Å². The number of hydrogen-bond donors (Lipinski definition) is 0. The van der Waals surface area contributed by atoms with Crippen LogP contribution < -0.4 is 9.80 Å². The van der Waals surface area contributed by atoms with Crippen LogP contribution in [-0.2, 0) is 38.0 Å². The Labute approximate surface area is 588 Å². The molecule has 0 atom stereocenters. The number of rotatable bonds is 32. The van der Waals surface area contributed by atoms with Crippen LogP contribution in [0.2, 0.25) is 103 Å². The van der Waals surface area contributed by atoms with E-state index < -0.39 is 32.3 Å². The Morgan fingerprint density at radius 3 is 1.34 bits per heavy atom. The third kappa shape index (κ3) is 22.1. The SMILES string of the molecule is CCOC(=O)CC1CCC(c2cc(N(COCC[Si](C)(C)C)COCC[Si](C)(C)C)n3ncc(-c4cnc5ccccc5c4)c3n2)CC1.CCOC(=O)CC1CCC(c2nc3c(-c4cnc5ccccc5c4)cnn3c(N(COCC[Si](C)(C)C)COCC[Si](C)(C)C)c2Br)CC1. The van der Waals surface area contributed by atoms with E-state index in [1.807, 2.05) is 84.1 Å². The minimum Gasteiger partial charge on any atom is -0.466 e. The molecule has 526 valence electrons. The molecule has 0 N–H and O–H groups in total. The summed E-state index contributed by atoms with van der Waals surface area (Å²) in [6.07, 6.45) is 16.4. The van der Waals surface area contributed by atoms with E-state index in [2.05, 4.69) is 135 Å². The molecule has 2 saturated carbocycles. The number of hydrogen-bond acceptors (Lipinski definition) is 16. The van der Waals surface area contributed by atoms with E-state index in [4.69, 9.17) is 58.6 Å². The van der Waals surface area contributed by atoms with E-state index in [9.17, 15) is 9.59 Å². The van der Waals surface area contributed by atoms with Gasteiger partial charge in [-0.15, -0.1) is 0 Å². The van der Waals surface area contributed by atoms with E-state index in [1.54, 1.807) is 0 Å². The van der Waals surface area contributed by atoms with Gasteiger partial charge in [-0.25, -0.2) is 9.97 Å². The number of pyridine rings is 2. The number of nitrogens with zero attached hydrogens (tertiary/aromatic N) is 10. The second-order valence-electron chi connectivity index (χ2n) is 31.5. The van der Waals surface area contributed by atoms with Crippen molar-refractivity contribution in [2.24, 2.45) is 11.8 Å². The first-order valence-electron chi connectivity index (χ1n) is 35.5. The van der Waals surface area contributed by atoms with Gasteiger partial charge in [-0.3, -0.25) is 19.6 Å². The molecule has 2 aliphatic rings. The van der Waals surface area contributed by atoms with Crippen molar-refractivity contribution in [2.45, 2.75) is 193 Å². The van der Waals surface area contributed by atoms with Gasteiger partial charge < -0.3 is 38.2 Å². The number of halogens is 1. The van der Waals surface area contributed by atoms with Crippen LogP contribution in [0, 0.1) is 11.8 Å². The molecule has 6 aromatic heterocycles.